The summed E-state index contributed by atoms with van der Waals surface area (Å²) >= 11 is 0. The van der Waals surface area contributed by atoms with Crippen LogP contribution in [0.4, 0.5) is 0 Å². The molecule has 0 spiro atoms. The molecule has 186 valence electrons. The minimum Gasteiger partial charge on any atom is -0.493 e. The van der Waals surface area contributed by atoms with E-state index in [0.717, 1.165) is 29.7 Å². The number of amides is 1. The van der Waals surface area contributed by atoms with Crippen LogP contribution in [-0.4, -0.2) is 69.0 Å². The third-order valence-electron chi connectivity index (χ3n) is 6.07. The van der Waals surface area contributed by atoms with Gasteiger partial charge in [0.25, 0.3) is 5.91 Å². The molecule has 2 aromatic rings. The molecular formula is C25H34N2O7. The van der Waals surface area contributed by atoms with Gasteiger partial charge in [0, 0.05) is 31.0 Å². The van der Waals surface area contributed by atoms with E-state index in [1.807, 2.05) is 13.8 Å². The molecule has 1 atom stereocenters. The number of ether oxygens (including phenoxy) is 5. The summed E-state index contributed by atoms with van der Waals surface area (Å²) in [5.41, 5.74) is 3.28. The first kappa shape index (κ1) is 25.4. The molecule has 1 fully saturated rings. The Bertz CT molecular complexity index is 1000. The van der Waals surface area contributed by atoms with Crippen LogP contribution >= 0.6 is 0 Å². The highest BCUT2D eigenvalue weighted by molar-refractivity contribution is 5.96. The largest absolute Gasteiger partial charge is 0.493 e. The van der Waals surface area contributed by atoms with Crippen LogP contribution in [0.2, 0.25) is 0 Å². The number of aromatic nitrogens is 1. The molecule has 0 saturated carbocycles. The highest BCUT2D eigenvalue weighted by Gasteiger charge is 2.28. The third kappa shape index (κ3) is 5.30. The van der Waals surface area contributed by atoms with Crippen molar-refractivity contribution in [2.75, 3.05) is 41.1 Å². The van der Waals surface area contributed by atoms with Crippen molar-refractivity contribution in [3.63, 3.8) is 0 Å². The molecule has 1 aromatic heterocycles. The second kappa shape index (κ2) is 11.3. The Labute approximate surface area is 200 Å². The zero-order valence-electron chi connectivity index (χ0n) is 20.8. The van der Waals surface area contributed by atoms with Gasteiger partial charge in [0.1, 0.15) is 5.69 Å². The second-order valence-electron chi connectivity index (χ2n) is 8.18. The van der Waals surface area contributed by atoms with Crippen molar-refractivity contribution >= 4 is 11.9 Å². The van der Waals surface area contributed by atoms with E-state index in [9.17, 15) is 9.59 Å². The minimum atomic E-state index is -0.407. The van der Waals surface area contributed by atoms with E-state index in [1.54, 1.807) is 24.0 Å². The zero-order chi connectivity index (χ0) is 24.8. The smallest absolute Gasteiger partial charge is 0.355 e. The molecule has 1 amide bonds. The first-order valence-electron chi connectivity index (χ1n) is 11.4. The number of nitrogens with one attached hydrogen (secondary N) is 1. The van der Waals surface area contributed by atoms with E-state index in [-0.39, 0.29) is 18.6 Å². The predicted octanol–water partition coefficient (Wildman–Crippen LogP) is 3.66. The number of carbonyl (C=O) groups excluding carboxylic acids is 2. The lowest BCUT2D eigenvalue weighted by molar-refractivity contribution is 0.0506. The van der Waals surface area contributed by atoms with Gasteiger partial charge in [-0.3, -0.25) is 4.79 Å². The number of hydrogen-bond donors (Lipinski definition) is 1. The monoisotopic (exact) mass is 474 g/mol. The quantitative estimate of drug-likeness (QED) is 0.525. The normalized spacial score (nSPS) is 15.2. The summed E-state index contributed by atoms with van der Waals surface area (Å²) in [6.07, 6.45) is 1.81. The van der Waals surface area contributed by atoms with E-state index < -0.39 is 5.97 Å². The van der Waals surface area contributed by atoms with Gasteiger partial charge in [-0.05, 0) is 56.9 Å². The number of nitrogens with zero attached hydrogens (tertiary/aromatic N) is 1. The van der Waals surface area contributed by atoms with Crippen molar-refractivity contribution in [1.82, 2.24) is 9.88 Å². The van der Waals surface area contributed by atoms with Gasteiger partial charge in [-0.1, -0.05) is 0 Å². The van der Waals surface area contributed by atoms with Crippen LogP contribution in [0, 0.1) is 13.8 Å². The van der Waals surface area contributed by atoms with Crippen molar-refractivity contribution in [2.24, 2.45) is 0 Å². The highest BCUT2D eigenvalue weighted by atomic mass is 16.5. The molecule has 1 aliphatic heterocycles. The van der Waals surface area contributed by atoms with Crippen molar-refractivity contribution in [1.29, 1.82) is 0 Å². The molecule has 9 nitrogen and oxygen atoms in total. The Kier molecular flexibility index (Phi) is 8.44. The standard InChI is InChI=1S/C25H34N2O7/c1-7-33-25(29)22-15(2)19(16(3)26-22)14-27(13-18-9-8-10-34-18)24(28)17-11-20(30-4)23(32-6)21(12-17)31-5/h11-12,18,26H,7-10,13-14H2,1-6H3/t18-/m0/s1. The fourth-order valence-corrected chi connectivity index (χ4v) is 4.26. The highest BCUT2D eigenvalue weighted by Crippen LogP contribution is 2.38. The maximum Gasteiger partial charge on any atom is 0.355 e. The molecule has 0 unspecified atom stereocenters. The van der Waals surface area contributed by atoms with Crippen LogP contribution in [0.15, 0.2) is 12.1 Å². The molecule has 2 heterocycles. The number of carbonyl (C=O) groups is 2. The summed E-state index contributed by atoms with van der Waals surface area (Å²) in [6, 6.07) is 3.29. The number of rotatable bonds is 10. The number of aryl methyl sites for hydroxylation is 1. The van der Waals surface area contributed by atoms with E-state index in [4.69, 9.17) is 23.7 Å². The summed E-state index contributed by atoms with van der Waals surface area (Å²) in [6.45, 7) is 7.22. The van der Waals surface area contributed by atoms with Gasteiger partial charge in [0.2, 0.25) is 5.75 Å². The number of methoxy groups -OCH3 is 3. The van der Waals surface area contributed by atoms with Gasteiger partial charge >= 0.3 is 5.97 Å². The fraction of sp³-hybridized carbons (Fsp3) is 0.520. The Morgan fingerprint density at radius 1 is 1.12 bits per heavy atom. The Balaban J connectivity index is 1.98. The SMILES string of the molecule is CCOC(=O)c1[nH]c(C)c(CN(C[C@@H]2CCCO2)C(=O)c2cc(OC)c(OC)c(OC)c2)c1C. The maximum absolute atomic E-state index is 13.8. The van der Waals surface area contributed by atoms with Crippen LogP contribution in [0.5, 0.6) is 17.2 Å². The van der Waals surface area contributed by atoms with Crippen LogP contribution in [-0.2, 0) is 16.0 Å². The van der Waals surface area contributed by atoms with Gasteiger partial charge in [-0.2, -0.15) is 0 Å². The molecule has 1 saturated heterocycles. The molecule has 34 heavy (non-hydrogen) atoms. The maximum atomic E-state index is 13.8. The average Bonchev–Trinajstić information content (AvgIpc) is 3.45. The second-order valence-corrected chi connectivity index (χ2v) is 8.18. The molecular weight excluding hydrogens is 440 g/mol. The summed E-state index contributed by atoms with van der Waals surface area (Å²) in [5.74, 6) is 0.619. The summed E-state index contributed by atoms with van der Waals surface area (Å²) in [4.78, 5) is 31.0. The van der Waals surface area contributed by atoms with Crippen molar-refractivity contribution in [3.05, 3.63) is 40.2 Å². The lowest BCUT2D eigenvalue weighted by Crippen LogP contribution is -2.37. The number of aromatic amines is 1. The molecule has 1 N–H and O–H groups in total. The van der Waals surface area contributed by atoms with E-state index in [0.29, 0.717) is 48.2 Å². The van der Waals surface area contributed by atoms with E-state index in [1.165, 1.54) is 21.3 Å². The Morgan fingerprint density at radius 3 is 2.32 bits per heavy atom. The van der Waals surface area contributed by atoms with Gasteiger partial charge < -0.3 is 33.6 Å². The lowest BCUT2D eigenvalue weighted by atomic mass is 10.1. The van der Waals surface area contributed by atoms with Crippen molar-refractivity contribution in [2.45, 2.75) is 46.3 Å². The van der Waals surface area contributed by atoms with Crippen LogP contribution in [0.3, 0.4) is 0 Å². The Morgan fingerprint density at radius 2 is 1.79 bits per heavy atom. The first-order chi connectivity index (χ1) is 16.3. The Hall–Kier alpha value is -3.20. The number of H-pyrrole nitrogens is 1. The first-order valence-corrected chi connectivity index (χ1v) is 11.4. The van der Waals surface area contributed by atoms with Crippen molar-refractivity contribution < 1.29 is 33.3 Å². The summed E-state index contributed by atoms with van der Waals surface area (Å²) in [5, 5.41) is 0. The van der Waals surface area contributed by atoms with Crippen LogP contribution in [0.25, 0.3) is 0 Å². The molecule has 9 heteroatoms. The topological polar surface area (TPSA) is 99.3 Å². The molecule has 0 aliphatic carbocycles. The lowest BCUT2D eigenvalue weighted by Gasteiger charge is -2.26. The zero-order valence-corrected chi connectivity index (χ0v) is 20.8. The van der Waals surface area contributed by atoms with E-state index >= 15 is 0 Å². The molecule has 0 radical (unpaired) electrons. The fourth-order valence-electron chi connectivity index (χ4n) is 4.26. The number of hydrogen-bond acceptors (Lipinski definition) is 7. The molecule has 3 rings (SSSR count). The van der Waals surface area contributed by atoms with Crippen LogP contribution in [0.1, 0.15) is 57.4 Å². The number of benzene rings is 1. The molecule has 1 aromatic carbocycles. The van der Waals surface area contributed by atoms with Crippen LogP contribution < -0.4 is 14.2 Å². The van der Waals surface area contributed by atoms with Crippen molar-refractivity contribution in [3.8, 4) is 17.2 Å². The minimum absolute atomic E-state index is 0.0462. The summed E-state index contributed by atoms with van der Waals surface area (Å²) in [7, 11) is 4.54. The van der Waals surface area contributed by atoms with Gasteiger partial charge in [-0.15, -0.1) is 0 Å². The van der Waals surface area contributed by atoms with Gasteiger partial charge in [0.05, 0.1) is 34.0 Å². The van der Waals surface area contributed by atoms with Gasteiger partial charge in [0.15, 0.2) is 11.5 Å². The summed E-state index contributed by atoms with van der Waals surface area (Å²) < 4.78 is 27.3. The molecule has 1 aliphatic rings. The molecule has 0 bridgehead atoms. The number of esters is 1. The van der Waals surface area contributed by atoms with Gasteiger partial charge in [-0.25, -0.2) is 4.79 Å². The average molecular weight is 475 g/mol. The third-order valence-corrected chi connectivity index (χ3v) is 6.07. The van der Waals surface area contributed by atoms with E-state index in [2.05, 4.69) is 4.98 Å². The predicted molar refractivity (Wildman–Crippen MR) is 126 cm³/mol.